The van der Waals surface area contributed by atoms with E-state index < -0.39 is 0 Å². The molecule has 1 atom stereocenters. The largest absolute Gasteiger partial charge is 0.491 e. The first-order valence-electron chi connectivity index (χ1n) is 10.1. The number of benzene rings is 1. The van der Waals surface area contributed by atoms with Crippen molar-refractivity contribution in [1.82, 2.24) is 16.0 Å². The lowest BCUT2D eigenvalue weighted by Gasteiger charge is -2.17. The smallest absolute Gasteiger partial charge is 0.221 e. The topological polar surface area (TPSA) is 84.0 Å². The minimum atomic E-state index is 0.0290. The third-order valence-corrected chi connectivity index (χ3v) is 4.44. The van der Waals surface area contributed by atoms with Crippen molar-refractivity contribution in [1.29, 1.82) is 0 Å². The molecule has 1 aliphatic rings. The Morgan fingerprint density at radius 2 is 2.18 bits per heavy atom. The average molecular weight is 391 g/mol. The van der Waals surface area contributed by atoms with Gasteiger partial charge in [0.15, 0.2) is 5.96 Å². The van der Waals surface area contributed by atoms with Gasteiger partial charge >= 0.3 is 0 Å². The lowest BCUT2D eigenvalue weighted by Crippen LogP contribution is -2.39. The summed E-state index contributed by atoms with van der Waals surface area (Å²) >= 11 is 0. The molecule has 0 radical (unpaired) electrons. The highest BCUT2D eigenvalue weighted by atomic mass is 16.5. The summed E-state index contributed by atoms with van der Waals surface area (Å²) in [6, 6.07) is 6.34. The molecule has 28 heavy (non-hydrogen) atoms. The Morgan fingerprint density at radius 3 is 2.86 bits per heavy atom. The number of nitrogens with one attached hydrogen (secondary N) is 3. The quantitative estimate of drug-likeness (QED) is 0.444. The van der Waals surface area contributed by atoms with Crippen molar-refractivity contribution < 1.29 is 14.3 Å². The first-order chi connectivity index (χ1) is 13.5. The summed E-state index contributed by atoms with van der Waals surface area (Å²) in [5, 5.41) is 9.33. The van der Waals surface area contributed by atoms with Gasteiger partial charge in [-0.25, -0.2) is 0 Å². The highest BCUT2D eigenvalue weighted by Crippen LogP contribution is 2.22. The maximum Gasteiger partial charge on any atom is 0.221 e. The molecule has 0 aromatic heterocycles. The Balaban J connectivity index is 1.83. The first kappa shape index (κ1) is 22.0. The van der Waals surface area contributed by atoms with Crippen molar-refractivity contribution in [2.75, 3.05) is 26.8 Å². The number of aliphatic imine (C=N–C) groups is 1. The number of nitrogens with zero attached hydrogens (tertiary/aromatic N) is 1. The second-order valence-corrected chi connectivity index (χ2v) is 7.38. The lowest BCUT2D eigenvalue weighted by atomic mass is 10.1. The van der Waals surface area contributed by atoms with Crippen LogP contribution in [-0.4, -0.2) is 50.8 Å². The summed E-state index contributed by atoms with van der Waals surface area (Å²) in [5.41, 5.74) is 2.22. The second-order valence-electron chi connectivity index (χ2n) is 7.38. The number of carbonyl (C=O) groups is 1. The van der Waals surface area contributed by atoms with Crippen molar-refractivity contribution in [3.8, 4) is 5.75 Å². The Kier molecular flexibility index (Phi) is 9.07. The minimum Gasteiger partial charge on any atom is -0.491 e. The van der Waals surface area contributed by atoms with Gasteiger partial charge in [0.05, 0.1) is 6.10 Å². The molecule has 0 aliphatic carbocycles. The van der Waals surface area contributed by atoms with Crippen molar-refractivity contribution in [3.05, 3.63) is 29.3 Å². The van der Waals surface area contributed by atoms with Gasteiger partial charge in [0.1, 0.15) is 12.4 Å². The molecular formula is C21H34N4O3. The van der Waals surface area contributed by atoms with Crippen LogP contribution in [0.2, 0.25) is 0 Å². The van der Waals surface area contributed by atoms with E-state index in [1.807, 2.05) is 13.8 Å². The fourth-order valence-electron chi connectivity index (χ4n) is 2.99. The van der Waals surface area contributed by atoms with E-state index in [4.69, 9.17) is 9.47 Å². The molecule has 0 saturated carbocycles. The molecule has 1 amide bonds. The fourth-order valence-corrected chi connectivity index (χ4v) is 2.99. The number of hydrogen-bond donors (Lipinski definition) is 3. The SMILES string of the molecule is CN=C(NCCC(=O)NC(C)C)NCc1ccc(C)cc1OCC1CCCO1. The van der Waals surface area contributed by atoms with E-state index in [1.165, 1.54) is 0 Å². The first-order valence-corrected chi connectivity index (χ1v) is 10.1. The highest BCUT2D eigenvalue weighted by molar-refractivity contribution is 5.81. The summed E-state index contributed by atoms with van der Waals surface area (Å²) in [7, 11) is 1.72. The normalized spacial score (nSPS) is 16.9. The second kappa shape index (κ2) is 11.5. The van der Waals surface area contributed by atoms with E-state index in [0.717, 1.165) is 36.3 Å². The van der Waals surface area contributed by atoms with Crippen LogP contribution in [0.5, 0.6) is 5.75 Å². The monoisotopic (exact) mass is 390 g/mol. The number of ether oxygens (including phenoxy) is 2. The van der Waals surface area contributed by atoms with Gasteiger partial charge < -0.3 is 25.4 Å². The predicted octanol–water partition coefficient (Wildman–Crippen LogP) is 2.13. The Hall–Kier alpha value is -2.28. The van der Waals surface area contributed by atoms with Crippen LogP contribution in [0, 0.1) is 6.92 Å². The molecule has 1 heterocycles. The van der Waals surface area contributed by atoms with Crippen molar-refractivity contribution in [3.63, 3.8) is 0 Å². The molecule has 2 rings (SSSR count). The van der Waals surface area contributed by atoms with Gasteiger partial charge in [0.2, 0.25) is 5.91 Å². The molecule has 7 nitrogen and oxygen atoms in total. The van der Waals surface area contributed by atoms with Gasteiger partial charge in [-0.2, -0.15) is 0 Å². The van der Waals surface area contributed by atoms with Gasteiger partial charge in [-0.3, -0.25) is 9.79 Å². The number of rotatable bonds is 9. The molecule has 1 aromatic rings. The van der Waals surface area contributed by atoms with Crippen LogP contribution in [0.4, 0.5) is 0 Å². The molecule has 1 fully saturated rings. The van der Waals surface area contributed by atoms with Gasteiger partial charge in [-0.15, -0.1) is 0 Å². The van der Waals surface area contributed by atoms with Crippen molar-refractivity contribution >= 4 is 11.9 Å². The molecule has 1 saturated heterocycles. The van der Waals surface area contributed by atoms with Crippen LogP contribution >= 0.6 is 0 Å². The van der Waals surface area contributed by atoms with Crippen LogP contribution in [0.15, 0.2) is 23.2 Å². The van der Waals surface area contributed by atoms with Crippen LogP contribution in [0.3, 0.4) is 0 Å². The molecule has 0 bridgehead atoms. The number of hydrogen-bond acceptors (Lipinski definition) is 4. The number of carbonyl (C=O) groups excluding carboxylic acids is 1. The fraction of sp³-hybridized carbons (Fsp3) is 0.619. The zero-order valence-corrected chi connectivity index (χ0v) is 17.5. The Bertz CT molecular complexity index is 655. The number of amides is 1. The van der Waals surface area contributed by atoms with Crippen molar-refractivity contribution in [2.24, 2.45) is 4.99 Å². The van der Waals surface area contributed by atoms with Crippen LogP contribution < -0.4 is 20.7 Å². The zero-order chi connectivity index (χ0) is 20.4. The maximum absolute atomic E-state index is 11.7. The molecular weight excluding hydrogens is 356 g/mol. The van der Waals surface area contributed by atoms with E-state index in [9.17, 15) is 4.79 Å². The average Bonchev–Trinajstić information content (AvgIpc) is 3.16. The van der Waals surface area contributed by atoms with E-state index in [0.29, 0.717) is 32.1 Å². The Labute approximate surface area is 168 Å². The summed E-state index contributed by atoms with van der Waals surface area (Å²) < 4.78 is 11.7. The van der Waals surface area contributed by atoms with Gasteiger partial charge in [-0.05, 0) is 45.2 Å². The summed E-state index contributed by atoms with van der Waals surface area (Å²) in [6.45, 7) is 8.46. The van der Waals surface area contributed by atoms with Crippen LogP contribution in [0.25, 0.3) is 0 Å². The summed E-state index contributed by atoms with van der Waals surface area (Å²) in [6.07, 6.45) is 2.75. The number of guanidine groups is 1. The Morgan fingerprint density at radius 1 is 1.36 bits per heavy atom. The predicted molar refractivity (Wildman–Crippen MR) is 112 cm³/mol. The third-order valence-electron chi connectivity index (χ3n) is 4.44. The number of aryl methyl sites for hydroxylation is 1. The summed E-state index contributed by atoms with van der Waals surface area (Å²) in [4.78, 5) is 15.9. The molecule has 156 valence electrons. The van der Waals surface area contributed by atoms with Crippen molar-refractivity contribution in [2.45, 2.75) is 58.7 Å². The lowest BCUT2D eigenvalue weighted by molar-refractivity contribution is -0.121. The third kappa shape index (κ3) is 7.76. The standard InChI is InChI=1S/C21H34N4O3/c1-15(2)25-20(26)9-10-23-21(22-4)24-13-17-8-7-16(3)12-19(17)28-14-18-6-5-11-27-18/h7-8,12,15,18H,5-6,9-11,13-14H2,1-4H3,(H,25,26)(H2,22,23,24). The highest BCUT2D eigenvalue weighted by Gasteiger charge is 2.17. The molecule has 1 aliphatic heterocycles. The zero-order valence-electron chi connectivity index (χ0n) is 17.5. The minimum absolute atomic E-state index is 0.0290. The van der Waals surface area contributed by atoms with Gasteiger partial charge in [0, 0.05) is 44.8 Å². The van der Waals surface area contributed by atoms with E-state index in [1.54, 1.807) is 7.05 Å². The molecule has 0 spiro atoms. The van der Waals surface area contributed by atoms with E-state index in [2.05, 4.69) is 46.1 Å². The molecule has 1 unspecified atom stereocenters. The summed E-state index contributed by atoms with van der Waals surface area (Å²) in [5.74, 6) is 1.55. The molecule has 7 heteroatoms. The van der Waals surface area contributed by atoms with Gasteiger partial charge in [-0.1, -0.05) is 12.1 Å². The van der Waals surface area contributed by atoms with E-state index in [-0.39, 0.29) is 18.1 Å². The van der Waals surface area contributed by atoms with Crippen LogP contribution in [0.1, 0.15) is 44.2 Å². The van der Waals surface area contributed by atoms with Gasteiger partial charge in [0.25, 0.3) is 0 Å². The molecule has 1 aromatic carbocycles. The molecule has 3 N–H and O–H groups in total. The van der Waals surface area contributed by atoms with Crippen LogP contribution in [-0.2, 0) is 16.1 Å². The maximum atomic E-state index is 11.7. The van der Waals surface area contributed by atoms with E-state index >= 15 is 0 Å².